The fourth-order valence-corrected chi connectivity index (χ4v) is 4.37. The fourth-order valence-electron chi connectivity index (χ4n) is 4.37. The molecule has 0 spiro atoms. The third-order valence-electron chi connectivity index (χ3n) is 6.14. The van der Waals surface area contributed by atoms with Crippen LogP contribution in [0.5, 0.6) is 5.75 Å². The van der Waals surface area contributed by atoms with Crippen molar-refractivity contribution in [1.29, 1.82) is 0 Å². The first-order chi connectivity index (χ1) is 16.7. The van der Waals surface area contributed by atoms with E-state index in [0.717, 1.165) is 39.5 Å². The lowest BCUT2D eigenvalue weighted by Gasteiger charge is -2.09. The van der Waals surface area contributed by atoms with E-state index in [1.807, 2.05) is 54.6 Å². The molecule has 0 aliphatic heterocycles. The van der Waals surface area contributed by atoms with Crippen molar-refractivity contribution >= 4 is 33.8 Å². The maximum atomic E-state index is 12.9. The first-order valence-electron chi connectivity index (χ1n) is 11.2. The van der Waals surface area contributed by atoms with Crippen molar-refractivity contribution < 1.29 is 9.53 Å². The van der Waals surface area contributed by atoms with Crippen LogP contribution in [-0.2, 0) is 6.54 Å². The summed E-state index contributed by atoms with van der Waals surface area (Å²) < 4.78 is 7.74. The number of hydrogen-bond donors (Lipinski definition) is 1. The van der Waals surface area contributed by atoms with E-state index in [1.165, 1.54) is 5.56 Å². The summed E-state index contributed by atoms with van der Waals surface area (Å²) in [5.74, 6) is 0.201. The molecular formula is C29H25N3O2. The third-order valence-corrected chi connectivity index (χ3v) is 6.14. The average molecular weight is 448 g/mol. The fraction of sp³-hybridized carbons (Fsp3) is 0.103. The number of hydrazone groups is 1. The Kier molecular flexibility index (Phi) is 5.83. The van der Waals surface area contributed by atoms with Gasteiger partial charge in [-0.3, -0.25) is 4.79 Å². The van der Waals surface area contributed by atoms with Crippen molar-refractivity contribution in [2.75, 3.05) is 7.11 Å². The number of methoxy groups -OCH3 is 1. The minimum absolute atomic E-state index is 0.315. The molecule has 5 nitrogen and oxygen atoms in total. The number of carbonyl (C=O) groups is 1. The molecule has 0 saturated heterocycles. The first kappa shape index (κ1) is 21.5. The number of para-hydroxylation sites is 1. The molecule has 1 heterocycles. The standard InChI is InChI=1S/C29H25N3O2/c1-20-26(24-14-8-9-15-27(24)32(20)19-21-10-4-3-5-11-21)18-30-31-29(33)25-16-22-12-6-7-13-23(22)17-28(25)34-2/h3-18H,19H2,1-2H3,(H,31,33). The summed E-state index contributed by atoms with van der Waals surface area (Å²) in [4.78, 5) is 12.9. The number of aromatic nitrogens is 1. The Bertz CT molecular complexity index is 1520. The Morgan fingerprint density at radius 1 is 0.941 bits per heavy atom. The van der Waals surface area contributed by atoms with Crippen LogP contribution < -0.4 is 10.2 Å². The molecule has 1 aromatic heterocycles. The predicted octanol–water partition coefficient (Wildman–Crippen LogP) is 5.92. The van der Waals surface area contributed by atoms with Gasteiger partial charge in [0.15, 0.2) is 0 Å². The van der Waals surface area contributed by atoms with Gasteiger partial charge < -0.3 is 9.30 Å². The Balaban J connectivity index is 1.44. The smallest absolute Gasteiger partial charge is 0.275 e. The van der Waals surface area contributed by atoms with E-state index in [9.17, 15) is 4.79 Å². The van der Waals surface area contributed by atoms with E-state index in [0.29, 0.717) is 11.3 Å². The molecule has 5 aromatic rings. The molecule has 0 bridgehead atoms. The number of nitrogens with zero attached hydrogens (tertiary/aromatic N) is 2. The minimum atomic E-state index is -0.315. The van der Waals surface area contributed by atoms with Gasteiger partial charge in [0.05, 0.1) is 18.9 Å². The number of ether oxygens (including phenoxy) is 1. The molecule has 34 heavy (non-hydrogen) atoms. The van der Waals surface area contributed by atoms with Gasteiger partial charge in [-0.05, 0) is 41.5 Å². The van der Waals surface area contributed by atoms with Crippen molar-refractivity contribution in [3.8, 4) is 5.75 Å². The second-order valence-electron chi connectivity index (χ2n) is 8.19. The van der Waals surface area contributed by atoms with Crippen LogP contribution in [0.2, 0.25) is 0 Å². The second kappa shape index (κ2) is 9.24. The van der Waals surface area contributed by atoms with Gasteiger partial charge in [0, 0.05) is 28.7 Å². The molecule has 4 aromatic carbocycles. The van der Waals surface area contributed by atoms with E-state index in [2.05, 4.69) is 58.4 Å². The number of carbonyl (C=O) groups excluding carboxylic acids is 1. The third kappa shape index (κ3) is 4.04. The van der Waals surface area contributed by atoms with Crippen LogP contribution in [0.4, 0.5) is 0 Å². The number of amides is 1. The molecule has 0 saturated carbocycles. The molecule has 168 valence electrons. The highest BCUT2D eigenvalue weighted by atomic mass is 16.5. The van der Waals surface area contributed by atoms with E-state index in [4.69, 9.17) is 4.74 Å². The summed E-state index contributed by atoms with van der Waals surface area (Å²) >= 11 is 0. The van der Waals surface area contributed by atoms with Crippen LogP contribution in [0.15, 0.2) is 96.1 Å². The van der Waals surface area contributed by atoms with Crippen LogP contribution in [0.3, 0.4) is 0 Å². The maximum absolute atomic E-state index is 12.9. The van der Waals surface area contributed by atoms with Crippen molar-refractivity contribution in [3.05, 3.63) is 113 Å². The summed E-state index contributed by atoms with van der Waals surface area (Å²) in [6, 6.07) is 30.2. The Labute approximate surface area is 198 Å². The summed E-state index contributed by atoms with van der Waals surface area (Å²) in [6.07, 6.45) is 1.73. The summed E-state index contributed by atoms with van der Waals surface area (Å²) in [5, 5.41) is 7.39. The van der Waals surface area contributed by atoms with Crippen molar-refractivity contribution in [2.45, 2.75) is 13.5 Å². The highest BCUT2D eigenvalue weighted by Crippen LogP contribution is 2.27. The number of fused-ring (bicyclic) bond motifs is 2. The zero-order chi connectivity index (χ0) is 23.5. The second-order valence-corrected chi connectivity index (χ2v) is 8.19. The van der Waals surface area contributed by atoms with E-state index < -0.39 is 0 Å². The van der Waals surface area contributed by atoms with Crippen LogP contribution >= 0.6 is 0 Å². The zero-order valence-corrected chi connectivity index (χ0v) is 19.2. The van der Waals surface area contributed by atoms with Gasteiger partial charge in [0.25, 0.3) is 5.91 Å². The predicted molar refractivity (Wildman–Crippen MR) is 138 cm³/mol. The van der Waals surface area contributed by atoms with E-state index in [-0.39, 0.29) is 5.91 Å². The number of rotatable bonds is 6. The highest BCUT2D eigenvalue weighted by Gasteiger charge is 2.15. The zero-order valence-electron chi connectivity index (χ0n) is 19.2. The number of nitrogens with one attached hydrogen (secondary N) is 1. The molecule has 0 fully saturated rings. The average Bonchev–Trinajstić information content (AvgIpc) is 3.14. The molecule has 0 unspecified atom stereocenters. The summed E-state index contributed by atoms with van der Waals surface area (Å²) in [6.45, 7) is 2.85. The quantitative estimate of drug-likeness (QED) is 0.259. The molecule has 0 atom stereocenters. The van der Waals surface area contributed by atoms with Gasteiger partial charge in [0.1, 0.15) is 5.75 Å². The lowest BCUT2D eigenvalue weighted by molar-refractivity contribution is 0.0952. The van der Waals surface area contributed by atoms with Crippen LogP contribution in [-0.4, -0.2) is 23.8 Å². The Morgan fingerprint density at radius 2 is 1.62 bits per heavy atom. The lowest BCUT2D eigenvalue weighted by atomic mass is 10.1. The SMILES string of the molecule is COc1cc2ccccc2cc1C(=O)NN=Cc1c(C)n(Cc2ccccc2)c2ccccc12. The number of benzene rings is 4. The van der Waals surface area contributed by atoms with Gasteiger partial charge in [-0.25, -0.2) is 5.43 Å². The minimum Gasteiger partial charge on any atom is -0.496 e. The van der Waals surface area contributed by atoms with E-state index in [1.54, 1.807) is 13.3 Å². The summed E-state index contributed by atoms with van der Waals surface area (Å²) in [7, 11) is 1.56. The Hall–Kier alpha value is -4.38. The van der Waals surface area contributed by atoms with Crippen LogP contribution in [0, 0.1) is 6.92 Å². The molecule has 5 heteroatoms. The maximum Gasteiger partial charge on any atom is 0.275 e. The van der Waals surface area contributed by atoms with Gasteiger partial charge in [-0.2, -0.15) is 5.10 Å². The van der Waals surface area contributed by atoms with Gasteiger partial charge in [0.2, 0.25) is 0 Å². The molecule has 0 aliphatic rings. The highest BCUT2D eigenvalue weighted by molar-refractivity contribution is 6.04. The molecule has 1 N–H and O–H groups in total. The van der Waals surface area contributed by atoms with Crippen molar-refractivity contribution in [1.82, 2.24) is 9.99 Å². The monoisotopic (exact) mass is 447 g/mol. The van der Waals surface area contributed by atoms with Crippen molar-refractivity contribution in [3.63, 3.8) is 0 Å². The largest absolute Gasteiger partial charge is 0.496 e. The normalized spacial score (nSPS) is 11.4. The van der Waals surface area contributed by atoms with Crippen LogP contribution in [0.1, 0.15) is 27.2 Å². The lowest BCUT2D eigenvalue weighted by Crippen LogP contribution is -2.18. The molecule has 1 amide bonds. The van der Waals surface area contributed by atoms with Crippen molar-refractivity contribution in [2.24, 2.45) is 5.10 Å². The topological polar surface area (TPSA) is 55.6 Å². The van der Waals surface area contributed by atoms with Gasteiger partial charge in [-0.15, -0.1) is 0 Å². The molecule has 0 aliphatic carbocycles. The molecular weight excluding hydrogens is 422 g/mol. The Morgan fingerprint density at radius 3 is 2.38 bits per heavy atom. The van der Waals surface area contributed by atoms with Gasteiger partial charge >= 0.3 is 0 Å². The number of hydrogen-bond acceptors (Lipinski definition) is 3. The van der Waals surface area contributed by atoms with E-state index >= 15 is 0 Å². The summed E-state index contributed by atoms with van der Waals surface area (Å²) in [5.41, 5.74) is 7.56. The molecule has 0 radical (unpaired) electrons. The van der Waals surface area contributed by atoms with Crippen LogP contribution in [0.25, 0.3) is 21.7 Å². The molecule has 5 rings (SSSR count). The first-order valence-corrected chi connectivity index (χ1v) is 11.2. The van der Waals surface area contributed by atoms with Gasteiger partial charge in [-0.1, -0.05) is 72.8 Å².